The maximum absolute atomic E-state index is 12.1. The van der Waals surface area contributed by atoms with Crippen LogP contribution in [0.25, 0.3) is 0 Å². The van der Waals surface area contributed by atoms with Crippen LogP contribution < -0.4 is 5.32 Å². The number of aliphatic hydroxyl groups is 1. The van der Waals surface area contributed by atoms with Gasteiger partial charge in [-0.3, -0.25) is 4.79 Å². The van der Waals surface area contributed by atoms with E-state index in [0.717, 1.165) is 30.4 Å². The van der Waals surface area contributed by atoms with Crippen LogP contribution in [0.15, 0.2) is 60.7 Å². The molecule has 1 amide bonds. The van der Waals surface area contributed by atoms with Crippen LogP contribution in [0.4, 0.5) is 0 Å². The summed E-state index contributed by atoms with van der Waals surface area (Å²) in [5.41, 5.74) is 1.11. The number of hydrogen-bond donors (Lipinski definition) is 2. The fourth-order valence-corrected chi connectivity index (χ4v) is 2.99. The van der Waals surface area contributed by atoms with Gasteiger partial charge in [-0.25, -0.2) is 0 Å². The summed E-state index contributed by atoms with van der Waals surface area (Å²) in [6.07, 6.45) is 3.20. The fourth-order valence-electron chi connectivity index (χ4n) is 2.99. The molecule has 0 spiro atoms. The molecular weight excluding hydrogens is 286 g/mol. The van der Waals surface area contributed by atoms with E-state index in [1.54, 1.807) is 0 Å². The van der Waals surface area contributed by atoms with Crippen molar-refractivity contribution in [1.82, 2.24) is 5.32 Å². The van der Waals surface area contributed by atoms with E-state index in [9.17, 15) is 9.90 Å². The molecule has 3 rings (SSSR count). The van der Waals surface area contributed by atoms with Gasteiger partial charge in [0.15, 0.2) is 0 Å². The summed E-state index contributed by atoms with van der Waals surface area (Å²) in [5.74, 6) is 0.239. The summed E-state index contributed by atoms with van der Waals surface area (Å²) in [6.45, 7) is 0.287. The predicted molar refractivity (Wildman–Crippen MR) is 90.8 cm³/mol. The van der Waals surface area contributed by atoms with E-state index in [2.05, 4.69) is 5.32 Å². The lowest BCUT2D eigenvalue weighted by molar-refractivity contribution is -0.122. The Balaban J connectivity index is 1.56. The zero-order valence-electron chi connectivity index (χ0n) is 13.2. The van der Waals surface area contributed by atoms with Crippen LogP contribution in [0.1, 0.15) is 30.4 Å². The first-order chi connectivity index (χ1) is 11.2. The van der Waals surface area contributed by atoms with E-state index in [1.165, 1.54) is 0 Å². The first-order valence-electron chi connectivity index (χ1n) is 8.27. The van der Waals surface area contributed by atoms with Crippen LogP contribution in [0.2, 0.25) is 0 Å². The van der Waals surface area contributed by atoms with Gasteiger partial charge in [0.05, 0.1) is 6.54 Å². The SMILES string of the molecule is O=C(CCc1ccccc1)NCC(O)(c1ccccc1)C1CC1. The van der Waals surface area contributed by atoms with Gasteiger partial charge in [0.2, 0.25) is 5.91 Å². The van der Waals surface area contributed by atoms with Crippen LogP contribution in [-0.4, -0.2) is 17.6 Å². The number of amides is 1. The van der Waals surface area contributed by atoms with Crippen LogP contribution in [0.3, 0.4) is 0 Å². The van der Waals surface area contributed by atoms with Gasteiger partial charge in [-0.2, -0.15) is 0 Å². The van der Waals surface area contributed by atoms with Gasteiger partial charge in [-0.1, -0.05) is 60.7 Å². The molecule has 3 heteroatoms. The van der Waals surface area contributed by atoms with Crippen molar-refractivity contribution < 1.29 is 9.90 Å². The molecule has 0 bridgehead atoms. The molecule has 1 aliphatic carbocycles. The molecule has 0 aromatic heterocycles. The van der Waals surface area contributed by atoms with Gasteiger partial charge < -0.3 is 10.4 Å². The molecule has 1 saturated carbocycles. The Morgan fingerprint density at radius 1 is 1.04 bits per heavy atom. The molecule has 1 atom stereocenters. The lowest BCUT2D eigenvalue weighted by Gasteiger charge is -2.29. The summed E-state index contributed by atoms with van der Waals surface area (Å²) < 4.78 is 0. The minimum Gasteiger partial charge on any atom is -0.383 e. The smallest absolute Gasteiger partial charge is 0.220 e. The second-order valence-electron chi connectivity index (χ2n) is 6.33. The minimum atomic E-state index is -0.941. The van der Waals surface area contributed by atoms with Crippen molar-refractivity contribution in [3.8, 4) is 0 Å². The third-order valence-corrected chi connectivity index (χ3v) is 4.57. The standard InChI is InChI=1S/C20H23NO2/c22-19(14-11-16-7-3-1-4-8-16)21-15-20(23,18-12-13-18)17-9-5-2-6-10-17/h1-10,18,23H,11-15H2,(H,21,22). The molecule has 0 aliphatic heterocycles. The molecule has 120 valence electrons. The first-order valence-corrected chi connectivity index (χ1v) is 8.27. The largest absolute Gasteiger partial charge is 0.383 e. The molecule has 0 saturated heterocycles. The monoisotopic (exact) mass is 309 g/mol. The van der Waals surface area contributed by atoms with Crippen molar-refractivity contribution in [3.05, 3.63) is 71.8 Å². The second kappa shape index (κ2) is 6.97. The Morgan fingerprint density at radius 3 is 2.26 bits per heavy atom. The molecule has 0 radical (unpaired) electrons. The third kappa shape index (κ3) is 3.99. The summed E-state index contributed by atoms with van der Waals surface area (Å²) >= 11 is 0. The lowest BCUT2D eigenvalue weighted by Crippen LogP contribution is -2.42. The average Bonchev–Trinajstić information content (AvgIpc) is 3.45. The average molecular weight is 309 g/mol. The van der Waals surface area contributed by atoms with Crippen LogP contribution in [0, 0.1) is 5.92 Å². The number of aryl methyl sites for hydroxylation is 1. The molecule has 2 aromatic carbocycles. The van der Waals surface area contributed by atoms with Gasteiger partial charge in [-0.05, 0) is 36.3 Å². The molecule has 1 aliphatic rings. The summed E-state index contributed by atoms with van der Waals surface area (Å²) in [6, 6.07) is 19.7. The highest BCUT2D eigenvalue weighted by Gasteiger charge is 2.45. The Labute approximate surface area is 137 Å². The second-order valence-corrected chi connectivity index (χ2v) is 6.33. The lowest BCUT2D eigenvalue weighted by atomic mass is 9.88. The highest BCUT2D eigenvalue weighted by Crippen LogP contribution is 2.45. The zero-order valence-corrected chi connectivity index (χ0v) is 13.2. The molecule has 1 unspecified atom stereocenters. The zero-order chi connectivity index (χ0) is 16.1. The number of hydrogen-bond acceptors (Lipinski definition) is 2. The fraction of sp³-hybridized carbons (Fsp3) is 0.350. The van der Waals surface area contributed by atoms with E-state index >= 15 is 0 Å². The summed E-state index contributed by atoms with van der Waals surface area (Å²) in [4.78, 5) is 12.1. The van der Waals surface area contributed by atoms with Gasteiger partial charge in [0, 0.05) is 6.42 Å². The van der Waals surface area contributed by atoms with Crippen LogP contribution in [0.5, 0.6) is 0 Å². The Morgan fingerprint density at radius 2 is 1.65 bits per heavy atom. The van der Waals surface area contributed by atoms with E-state index in [1.807, 2.05) is 60.7 Å². The van der Waals surface area contributed by atoms with Crippen molar-refractivity contribution in [1.29, 1.82) is 0 Å². The number of nitrogens with one attached hydrogen (secondary N) is 1. The van der Waals surface area contributed by atoms with Crippen molar-refractivity contribution in [3.63, 3.8) is 0 Å². The number of carbonyl (C=O) groups is 1. The van der Waals surface area contributed by atoms with Crippen molar-refractivity contribution in [2.45, 2.75) is 31.3 Å². The van der Waals surface area contributed by atoms with E-state index in [4.69, 9.17) is 0 Å². The highest BCUT2D eigenvalue weighted by molar-refractivity contribution is 5.76. The molecule has 2 aromatic rings. The van der Waals surface area contributed by atoms with Crippen LogP contribution >= 0.6 is 0 Å². The molecule has 1 fully saturated rings. The maximum atomic E-state index is 12.1. The molecule has 23 heavy (non-hydrogen) atoms. The number of rotatable bonds is 7. The van der Waals surface area contributed by atoms with Gasteiger partial charge in [0.1, 0.15) is 5.60 Å². The van der Waals surface area contributed by atoms with Crippen molar-refractivity contribution >= 4 is 5.91 Å². The van der Waals surface area contributed by atoms with Gasteiger partial charge in [0.25, 0.3) is 0 Å². The molecular formula is C20H23NO2. The van der Waals surface area contributed by atoms with Crippen LogP contribution in [-0.2, 0) is 16.8 Å². The predicted octanol–water partition coefficient (Wildman–Crippen LogP) is 3.03. The Bertz CT molecular complexity index is 637. The van der Waals surface area contributed by atoms with E-state index in [0.29, 0.717) is 6.42 Å². The summed E-state index contributed by atoms with van der Waals surface area (Å²) in [7, 11) is 0. The number of benzene rings is 2. The first kappa shape index (κ1) is 15.8. The van der Waals surface area contributed by atoms with E-state index in [-0.39, 0.29) is 18.4 Å². The number of carbonyl (C=O) groups excluding carboxylic acids is 1. The third-order valence-electron chi connectivity index (χ3n) is 4.57. The van der Waals surface area contributed by atoms with Gasteiger partial charge >= 0.3 is 0 Å². The summed E-state index contributed by atoms with van der Waals surface area (Å²) in [5, 5.41) is 14.0. The molecule has 0 heterocycles. The van der Waals surface area contributed by atoms with E-state index < -0.39 is 5.60 Å². The van der Waals surface area contributed by atoms with Gasteiger partial charge in [-0.15, -0.1) is 0 Å². The Hall–Kier alpha value is -2.13. The normalized spacial score (nSPS) is 16.6. The van der Waals surface area contributed by atoms with Crippen molar-refractivity contribution in [2.24, 2.45) is 5.92 Å². The molecule has 3 nitrogen and oxygen atoms in total. The minimum absolute atomic E-state index is 0.0103. The highest BCUT2D eigenvalue weighted by atomic mass is 16.3. The topological polar surface area (TPSA) is 49.3 Å². The Kier molecular flexibility index (Phi) is 4.77. The van der Waals surface area contributed by atoms with Crippen molar-refractivity contribution in [2.75, 3.05) is 6.54 Å². The quantitative estimate of drug-likeness (QED) is 0.826. The maximum Gasteiger partial charge on any atom is 0.220 e. The molecule has 2 N–H and O–H groups in total.